The van der Waals surface area contributed by atoms with E-state index in [9.17, 15) is 10.1 Å². The van der Waals surface area contributed by atoms with E-state index in [-0.39, 0.29) is 18.4 Å². The largest absolute Gasteiger partial charge is 0.490 e. The van der Waals surface area contributed by atoms with Crippen molar-refractivity contribution in [2.75, 3.05) is 18.0 Å². The third-order valence-electron chi connectivity index (χ3n) is 4.12. The van der Waals surface area contributed by atoms with Gasteiger partial charge in [-0.3, -0.25) is 10.1 Å². The van der Waals surface area contributed by atoms with Gasteiger partial charge in [0.25, 0.3) is 5.69 Å². The highest BCUT2D eigenvalue weighted by molar-refractivity contribution is 5.43. The van der Waals surface area contributed by atoms with Crippen LogP contribution in [0.3, 0.4) is 0 Å². The van der Waals surface area contributed by atoms with E-state index in [4.69, 9.17) is 9.84 Å². The van der Waals surface area contributed by atoms with E-state index in [1.165, 1.54) is 12.3 Å². The van der Waals surface area contributed by atoms with Gasteiger partial charge in [-0.15, -0.1) is 0 Å². The molecule has 0 atom stereocenters. The van der Waals surface area contributed by atoms with Gasteiger partial charge in [-0.25, -0.2) is 4.98 Å². The molecule has 0 unspecified atom stereocenters. The maximum atomic E-state index is 10.7. The second-order valence-corrected chi connectivity index (χ2v) is 5.74. The van der Waals surface area contributed by atoms with Crippen molar-refractivity contribution in [2.24, 2.45) is 0 Å². The number of hydrogen-bond acceptors (Lipinski definition) is 6. The molecule has 7 heteroatoms. The minimum absolute atomic E-state index is 0.00305. The number of aliphatic hydroxyl groups excluding tert-OH is 1. The highest BCUT2D eigenvalue weighted by atomic mass is 16.6. The van der Waals surface area contributed by atoms with Crippen LogP contribution in [-0.2, 0) is 6.61 Å². The number of nitro groups is 1. The molecule has 0 saturated carbocycles. The second kappa shape index (κ2) is 7.27. The first-order chi connectivity index (χ1) is 11.7. The van der Waals surface area contributed by atoms with Crippen LogP contribution in [0.2, 0.25) is 0 Å². The zero-order chi connectivity index (χ0) is 16.9. The van der Waals surface area contributed by atoms with Gasteiger partial charge >= 0.3 is 0 Å². The quantitative estimate of drug-likeness (QED) is 0.670. The lowest BCUT2D eigenvalue weighted by Gasteiger charge is -2.32. The Kier molecular flexibility index (Phi) is 4.90. The molecule has 2 heterocycles. The van der Waals surface area contributed by atoms with Crippen LogP contribution in [0, 0.1) is 10.1 Å². The first kappa shape index (κ1) is 16.2. The van der Waals surface area contributed by atoms with Gasteiger partial charge < -0.3 is 14.7 Å². The maximum absolute atomic E-state index is 10.7. The molecule has 1 aromatic heterocycles. The fourth-order valence-electron chi connectivity index (χ4n) is 2.74. The number of pyridine rings is 1. The number of aliphatic hydroxyl groups is 1. The standard InChI is InChI=1S/C17H19N3O4/c21-12-13-1-4-15(5-2-13)24-16-7-9-19(10-8-16)17-6-3-14(11-18-17)20(22)23/h1-6,11,16,21H,7-10,12H2. The van der Waals surface area contributed by atoms with Crippen molar-refractivity contribution >= 4 is 11.5 Å². The molecule has 2 aromatic rings. The summed E-state index contributed by atoms with van der Waals surface area (Å²) in [6.45, 7) is 1.62. The van der Waals surface area contributed by atoms with Crippen LogP contribution < -0.4 is 9.64 Å². The van der Waals surface area contributed by atoms with Gasteiger partial charge in [0, 0.05) is 32.0 Å². The molecule has 1 aliphatic rings. The Morgan fingerprint density at radius 2 is 1.92 bits per heavy atom. The molecule has 0 aliphatic carbocycles. The minimum atomic E-state index is -0.446. The van der Waals surface area contributed by atoms with Crippen molar-refractivity contribution in [3.63, 3.8) is 0 Å². The van der Waals surface area contributed by atoms with Crippen molar-refractivity contribution in [1.29, 1.82) is 0 Å². The Bertz CT molecular complexity index is 680. The third-order valence-corrected chi connectivity index (χ3v) is 4.12. The Morgan fingerprint density at radius 3 is 2.46 bits per heavy atom. The fourth-order valence-corrected chi connectivity index (χ4v) is 2.74. The first-order valence-corrected chi connectivity index (χ1v) is 7.87. The van der Waals surface area contributed by atoms with Crippen molar-refractivity contribution < 1.29 is 14.8 Å². The number of piperidine rings is 1. The van der Waals surface area contributed by atoms with Crippen LogP contribution in [0.1, 0.15) is 18.4 Å². The molecule has 1 saturated heterocycles. The summed E-state index contributed by atoms with van der Waals surface area (Å²) in [6, 6.07) is 10.6. The Hall–Kier alpha value is -2.67. The van der Waals surface area contributed by atoms with Gasteiger partial charge in [-0.2, -0.15) is 0 Å². The van der Waals surface area contributed by atoms with Crippen LogP contribution in [0.4, 0.5) is 11.5 Å². The maximum Gasteiger partial charge on any atom is 0.287 e. The molecule has 1 aliphatic heterocycles. The Morgan fingerprint density at radius 1 is 1.21 bits per heavy atom. The van der Waals surface area contributed by atoms with Gasteiger partial charge in [0.05, 0.1) is 11.5 Å². The lowest BCUT2D eigenvalue weighted by Crippen LogP contribution is -2.38. The van der Waals surface area contributed by atoms with Crippen molar-refractivity contribution in [2.45, 2.75) is 25.6 Å². The van der Waals surface area contributed by atoms with E-state index in [1.807, 2.05) is 24.3 Å². The van der Waals surface area contributed by atoms with Gasteiger partial charge in [-0.1, -0.05) is 12.1 Å². The Labute approximate surface area is 139 Å². The number of nitrogens with zero attached hydrogens (tertiary/aromatic N) is 3. The summed E-state index contributed by atoms with van der Waals surface area (Å²) in [5.41, 5.74) is 0.865. The third kappa shape index (κ3) is 3.80. The van der Waals surface area contributed by atoms with Crippen LogP contribution in [0.5, 0.6) is 5.75 Å². The predicted molar refractivity (Wildman–Crippen MR) is 89.1 cm³/mol. The van der Waals surface area contributed by atoms with Crippen LogP contribution in [-0.4, -0.2) is 34.2 Å². The van der Waals surface area contributed by atoms with E-state index in [1.54, 1.807) is 6.07 Å². The molecule has 1 fully saturated rings. The van der Waals surface area contributed by atoms with Crippen molar-refractivity contribution in [3.05, 3.63) is 58.3 Å². The molecule has 0 amide bonds. The van der Waals surface area contributed by atoms with Gasteiger partial charge in [0.2, 0.25) is 0 Å². The van der Waals surface area contributed by atoms with E-state index < -0.39 is 4.92 Å². The number of anilines is 1. The lowest BCUT2D eigenvalue weighted by molar-refractivity contribution is -0.385. The zero-order valence-corrected chi connectivity index (χ0v) is 13.2. The summed E-state index contributed by atoms with van der Waals surface area (Å²) < 4.78 is 5.97. The molecule has 126 valence electrons. The lowest BCUT2D eigenvalue weighted by atomic mass is 10.1. The summed E-state index contributed by atoms with van der Waals surface area (Å²) in [6.07, 6.45) is 3.15. The van der Waals surface area contributed by atoms with E-state index in [0.717, 1.165) is 43.1 Å². The van der Waals surface area contributed by atoms with Crippen LogP contribution >= 0.6 is 0 Å². The summed E-state index contributed by atoms with van der Waals surface area (Å²) in [7, 11) is 0. The molecule has 1 N–H and O–H groups in total. The monoisotopic (exact) mass is 329 g/mol. The molecule has 0 bridgehead atoms. The van der Waals surface area contributed by atoms with Crippen LogP contribution in [0.25, 0.3) is 0 Å². The van der Waals surface area contributed by atoms with E-state index in [2.05, 4.69) is 9.88 Å². The molecule has 0 spiro atoms. The molecule has 24 heavy (non-hydrogen) atoms. The summed E-state index contributed by atoms with van der Waals surface area (Å²) >= 11 is 0. The smallest absolute Gasteiger partial charge is 0.287 e. The van der Waals surface area contributed by atoms with Gasteiger partial charge in [-0.05, 0) is 23.8 Å². The predicted octanol–water partition coefficient (Wildman–Crippen LogP) is 2.53. The number of ether oxygens (including phenoxy) is 1. The minimum Gasteiger partial charge on any atom is -0.490 e. The summed E-state index contributed by atoms with van der Waals surface area (Å²) in [5, 5.41) is 19.7. The van der Waals surface area contributed by atoms with Gasteiger partial charge in [0.1, 0.15) is 23.9 Å². The van der Waals surface area contributed by atoms with Gasteiger partial charge in [0.15, 0.2) is 0 Å². The second-order valence-electron chi connectivity index (χ2n) is 5.74. The number of rotatable bonds is 5. The Balaban J connectivity index is 1.54. The average molecular weight is 329 g/mol. The number of benzene rings is 1. The number of hydrogen-bond donors (Lipinski definition) is 1. The molecule has 3 rings (SSSR count). The summed E-state index contributed by atoms with van der Waals surface area (Å²) in [5.74, 6) is 1.56. The SMILES string of the molecule is O=[N+]([O-])c1ccc(N2CCC(Oc3ccc(CO)cc3)CC2)nc1. The highest BCUT2D eigenvalue weighted by Crippen LogP contribution is 2.23. The molecular formula is C17H19N3O4. The van der Waals surface area contributed by atoms with Crippen LogP contribution in [0.15, 0.2) is 42.6 Å². The topological polar surface area (TPSA) is 88.7 Å². The van der Waals surface area contributed by atoms with Crippen molar-refractivity contribution in [1.82, 2.24) is 4.98 Å². The molecular weight excluding hydrogens is 310 g/mol. The van der Waals surface area contributed by atoms with Crippen molar-refractivity contribution in [3.8, 4) is 5.75 Å². The molecule has 1 aromatic carbocycles. The average Bonchev–Trinajstić information content (AvgIpc) is 2.63. The number of aromatic nitrogens is 1. The highest BCUT2D eigenvalue weighted by Gasteiger charge is 2.22. The summed E-state index contributed by atoms with van der Waals surface area (Å²) in [4.78, 5) is 16.5. The normalized spacial score (nSPS) is 15.3. The zero-order valence-electron chi connectivity index (χ0n) is 13.2. The van der Waals surface area contributed by atoms with E-state index in [0.29, 0.717) is 0 Å². The fraction of sp³-hybridized carbons (Fsp3) is 0.353. The molecule has 0 radical (unpaired) electrons. The molecule has 7 nitrogen and oxygen atoms in total. The first-order valence-electron chi connectivity index (χ1n) is 7.87. The van der Waals surface area contributed by atoms with E-state index >= 15 is 0 Å².